The maximum absolute atomic E-state index is 11.7. The van der Waals surface area contributed by atoms with Gasteiger partial charge in [-0.05, 0) is 6.92 Å². The van der Waals surface area contributed by atoms with Gasteiger partial charge in [0, 0.05) is 30.4 Å². The molecule has 2 aromatic heterocycles. The van der Waals surface area contributed by atoms with Gasteiger partial charge in [0.15, 0.2) is 5.43 Å². The van der Waals surface area contributed by atoms with Crippen molar-refractivity contribution in [3.63, 3.8) is 0 Å². The number of nitrogens with one attached hydrogen (secondary N) is 1. The molecule has 0 radical (unpaired) electrons. The quantitative estimate of drug-likeness (QED) is 0.736. The van der Waals surface area contributed by atoms with E-state index >= 15 is 0 Å². The highest BCUT2D eigenvalue weighted by Crippen LogP contribution is 1.97. The minimum atomic E-state index is -0.381. The second kappa shape index (κ2) is 3.53. The average molecular weight is 203 g/mol. The molecule has 5 heteroatoms. The second-order valence-corrected chi connectivity index (χ2v) is 3.17. The molecule has 0 aliphatic carbocycles. The van der Waals surface area contributed by atoms with E-state index in [-0.39, 0.29) is 16.9 Å². The molecule has 0 aliphatic heterocycles. The Kier molecular flexibility index (Phi) is 2.21. The summed E-state index contributed by atoms with van der Waals surface area (Å²) in [5, 5.41) is 0. The van der Waals surface area contributed by atoms with Crippen LogP contribution < -0.4 is 5.43 Å². The highest BCUT2D eigenvalue weighted by atomic mass is 16.2. The van der Waals surface area contributed by atoms with E-state index in [0.717, 1.165) is 5.69 Å². The van der Waals surface area contributed by atoms with E-state index in [1.807, 2.05) is 0 Å². The van der Waals surface area contributed by atoms with Gasteiger partial charge in [0.25, 0.3) is 5.91 Å². The fraction of sp³-hybridized carbons (Fsp3) is 0.100. The average Bonchev–Trinajstić information content (AvgIpc) is 2.69. The molecule has 0 bridgehead atoms. The lowest BCUT2D eigenvalue weighted by molar-refractivity contribution is 0.0958. The normalized spacial score (nSPS) is 10.2. The van der Waals surface area contributed by atoms with Gasteiger partial charge in [-0.25, -0.2) is 4.98 Å². The van der Waals surface area contributed by atoms with Crippen LogP contribution in [0.1, 0.15) is 16.1 Å². The molecule has 0 unspecified atom stereocenters. The van der Waals surface area contributed by atoms with Gasteiger partial charge >= 0.3 is 0 Å². The zero-order valence-corrected chi connectivity index (χ0v) is 8.10. The van der Waals surface area contributed by atoms with Crippen LogP contribution in [-0.4, -0.2) is 20.4 Å². The summed E-state index contributed by atoms with van der Waals surface area (Å²) in [6, 6.07) is 1.39. The largest absolute Gasteiger partial charge is 0.364 e. The lowest BCUT2D eigenvalue weighted by atomic mass is 10.2. The summed E-state index contributed by atoms with van der Waals surface area (Å²) < 4.78 is 1.26. The first-order valence-corrected chi connectivity index (χ1v) is 4.40. The molecule has 0 saturated heterocycles. The van der Waals surface area contributed by atoms with Crippen molar-refractivity contribution >= 4 is 5.91 Å². The van der Waals surface area contributed by atoms with Crippen LogP contribution >= 0.6 is 0 Å². The molecule has 1 N–H and O–H groups in total. The SMILES string of the molecule is Cc1cc(=O)c(C(=O)n2ccnc2)c[nH]1. The molecule has 15 heavy (non-hydrogen) atoms. The molecule has 5 nitrogen and oxygen atoms in total. The van der Waals surface area contributed by atoms with E-state index in [1.54, 1.807) is 6.92 Å². The number of pyridine rings is 1. The van der Waals surface area contributed by atoms with Crippen molar-refractivity contribution in [2.75, 3.05) is 0 Å². The summed E-state index contributed by atoms with van der Waals surface area (Å²) >= 11 is 0. The molecule has 2 rings (SSSR count). The van der Waals surface area contributed by atoms with Crippen molar-refractivity contribution in [2.45, 2.75) is 6.92 Å². The number of aromatic nitrogens is 3. The van der Waals surface area contributed by atoms with Gasteiger partial charge < -0.3 is 4.98 Å². The first-order valence-electron chi connectivity index (χ1n) is 4.40. The molecule has 2 heterocycles. The Balaban J connectivity index is 2.47. The highest BCUT2D eigenvalue weighted by Gasteiger charge is 2.11. The summed E-state index contributed by atoms with van der Waals surface area (Å²) in [6.07, 6.45) is 5.77. The number of aromatic amines is 1. The number of H-pyrrole nitrogens is 1. The Hall–Kier alpha value is -2.17. The van der Waals surface area contributed by atoms with E-state index in [1.165, 1.54) is 35.6 Å². The molecule has 0 aromatic carbocycles. The van der Waals surface area contributed by atoms with Crippen LogP contribution in [0.3, 0.4) is 0 Å². The summed E-state index contributed by atoms with van der Waals surface area (Å²) in [5.74, 6) is -0.381. The molecule has 0 spiro atoms. The van der Waals surface area contributed by atoms with Gasteiger partial charge in [-0.2, -0.15) is 0 Å². The standard InChI is InChI=1S/C10H9N3O2/c1-7-4-9(14)8(5-12-7)10(15)13-3-2-11-6-13/h2-6H,1H3,(H,12,14). The highest BCUT2D eigenvalue weighted by molar-refractivity contribution is 5.95. The third kappa shape index (κ3) is 1.71. The predicted molar refractivity (Wildman–Crippen MR) is 53.8 cm³/mol. The molecular formula is C10H9N3O2. The number of hydrogen-bond acceptors (Lipinski definition) is 3. The van der Waals surface area contributed by atoms with Crippen molar-refractivity contribution in [1.82, 2.24) is 14.5 Å². The van der Waals surface area contributed by atoms with E-state index in [0.29, 0.717) is 0 Å². The van der Waals surface area contributed by atoms with Crippen molar-refractivity contribution < 1.29 is 4.79 Å². The Bertz CT molecular complexity index is 540. The lowest BCUT2D eigenvalue weighted by Gasteiger charge is -2.00. The van der Waals surface area contributed by atoms with Crippen molar-refractivity contribution in [1.29, 1.82) is 0 Å². The lowest BCUT2D eigenvalue weighted by Crippen LogP contribution is -2.20. The first-order chi connectivity index (χ1) is 7.18. The topological polar surface area (TPSA) is 67.8 Å². The van der Waals surface area contributed by atoms with Crippen LogP contribution in [0.5, 0.6) is 0 Å². The van der Waals surface area contributed by atoms with E-state index < -0.39 is 0 Å². The summed E-state index contributed by atoms with van der Waals surface area (Å²) in [5.41, 5.74) is 0.547. The molecule has 0 amide bonds. The van der Waals surface area contributed by atoms with Crippen LogP contribution in [0.2, 0.25) is 0 Å². The Morgan fingerprint density at radius 2 is 2.33 bits per heavy atom. The van der Waals surface area contributed by atoms with Crippen LogP contribution in [-0.2, 0) is 0 Å². The van der Waals surface area contributed by atoms with Crippen LogP contribution in [0.25, 0.3) is 0 Å². The summed E-state index contributed by atoms with van der Waals surface area (Å²) in [6.45, 7) is 1.76. The van der Waals surface area contributed by atoms with E-state index in [9.17, 15) is 9.59 Å². The zero-order chi connectivity index (χ0) is 10.8. The van der Waals surface area contributed by atoms with Gasteiger partial charge in [0.2, 0.25) is 0 Å². The number of carbonyl (C=O) groups excluding carboxylic acids is 1. The van der Waals surface area contributed by atoms with E-state index in [4.69, 9.17) is 0 Å². The van der Waals surface area contributed by atoms with Crippen LogP contribution in [0, 0.1) is 6.92 Å². The van der Waals surface area contributed by atoms with Crippen LogP contribution in [0.15, 0.2) is 35.8 Å². The van der Waals surface area contributed by atoms with Gasteiger partial charge in [-0.3, -0.25) is 14.2 Å². The Morgan fingerprint density at radius 3 is 2.93 bits per heavy atom. The number of carbonyl (C=O) groups is 1. The minimum absolute atomic E-state index is 0.110. The number of aryl methyl sites for hydroxylation is 1. The summed E-state index contributed by atoms with van der Waals surface area (Å²) in [4.78, 5) is 29.8. The van der Waals surface area contributed by atoms with Gasteiger partial charge in [0.1, 0.15) is 11.9 Å². The molecule has 0 fully saturated rings. The summed E-state index contributed by atoms with van der Waals surface area (Å²) in [7, 11) is 0. The van der Waals surface area contributed by atoms with Crippen molar-refractivity contribution in [3.05, 3.63) is 52.5 Å². The smallest absolute Gasteiger partial charge is 0.268 e. The van der Waals surface area contributed by atoms with E-state index in [2.05, 4.69) is 9.97 Å². The van der Waals surface area contributed by atoms with Gasteiger partial charge in [-0.15, -0.1) is 0 Å². The number of nitrogens with zero attached hydrogens (tertiary/aromatic N) is 2. The van der Waals surface area contributed by atoms with Gasteiger partial charge in [-0.1, -0.05) is 0 Å². The first kappa shape index (κ1) is 9.39. The Labute approximate surface area is 85.4 Å². The Morgan fingerprint density at radius 1 is 1.53 bits per heavy atom. The molecular weight excluding hydrogens is 194 g/mol. The van der Waals surface area contributed by atoms with Gasteiger partial charge in [0.05, 0.1) is 0 Å². The maximum atomic E-state index is 11.7. The number of hydrogen-bond donors (Lipinski definition) is 1. The molecule has 0 aliphatic rings. The third-order valence-electron chi connectivity index (χ3n) is 2.03. The fourth-order valence-electron chi connectivity index (χ4n) is 1.26. The third-order valence-corrected chi connectivity index (χ3v) is 2.03. The van der Waals surface area contributed by atoms with Crippen LogP contribution in [0.4, 0.5) is 0 Å². The zero-order valence-electron chi connectivity index (χ0n) is 8.10. The molecule has 76 valence electrons. The molecule has 0 atom stereocenters. The van der Waals surface area contributed by atoms with Crippen molar-refractivity contribution in [3.8, 4) is 0 Å². The number of imidazole rings is 1. The second-order valence-electron chi connectivity index (χ2n) is 3.17. The minimum Gasteiger partial charge on any atom is -0.364 e. The molecule has 2 aromatic rings. The predicted octanol–water partition coefficient (Wildman–Crippen LogP) is 0.568. The monoisotopic (exact) mass is 203 g/mol. The fourth-order valence-corrected chi connectivity index (χ4v) is 1.26. The van der Waals surface area contributed by atoms with Crippen molar-refractivity contribution in [2.24, 2.45) is 0 Å². The number of rotatable bonds is 1. The maximum Gasteiger partial charge on any atom is 0.268 e. The molecule has 0 saturated carbocycles.